The Morgan fingerprint density at radius 2 is 2.21 bits per heavy atom. The molecule has 1 atom stereocenters. The number of carbonyl (C=O) groups excluding carboxylic acids is 1. The summed E-state index contributed by atoms with van der Waals surface area (Å²) in [6, 6.07) is 11.9. The number of hydrogen-bond donors (Lipinski definition) is 0. The van der Waals surface area contributed by atoms with Crippen LogP contribution in [0.25, 0.3) is 0 Å². The zero-order chi connectivity index (χ0) is 13.7. The van der Waals surface area contributed by atoms with Crippen LogP contribution in [0.4, 0.5) is 0 Å². The molecule has 2 nitrogen and oxygen atoms in total. The lowest BCUT2D eigenvalue weighted by molar-refractivity contribution is 0.0500. The van der Waals surface area contributed by atoms with Crippen LogP contribution in [0.15, 0.2) is 46.3 Å². The monoisotopic (exact) mass is 338 g/mol. The highest BCUT2D eigenvalue weighted by molar-refractivity contribution is 9.10. The molecular formula is C15H15BrO2S. The third-order valence-electron chi connectivity index (χ3n) is 2.92. The van der Waals surface area contributed by atoms with Crippen molar-refractivity contribution in [1.29, 1.82) is 0 Å². The molecular weight excluding hydrogens is 324 g/mol. The lowest BCUT2D eigenvalue weighted by atomic mass is 9.98. The van der Waals surface area contributed by atoms with Crippen LogP contribution >= 0.6 is 27.3 Å². The molecule has 4 heteroatoms. The van der Waals surface area contributed by atoms with Crippen LogP contribution in [0.2, 0.25) is 0 Å². The van der Waals surface area contributed by atoms with E-state index < -0.39 is 0 Å². The summed E-state index contributed by atoms with van der Waals surface area (Å²) < 4.78 is 6.34. The first-order valence-electron chi connectivity index (χ1n) is 6.13. The summed E-state index contributed by atoms with van der Waals surface area (Å²) in [6.07, 6.45) is 0.827. The number of benzene rings is 1. The third kappa shape index (κ3) is 4.18. The van der Waals surface area contributed by atoms with Crippen LogP contribution in [-0.4, -0.2) is 12.6 Å². The molecule has 1 aromatic heterocycles. The van der Waals surface area contributed by atoms with Gasteiger partial charge in [-0.05, 0) is 41.5 Å². The highest BCUT2D eigenvalue weighted by Gasteiger charge is 2.10. The van der Waals surface area contributed by atoms with Gasteiger partial charge in [-0.2, -0.15) is 0 Å². The second-order valence-corrected chi connectivity index (χ2v) is 6.22. The maximum Gasteiger partial charge on any atom is 0.348 e. The fourth-order valence-corrected chi connectivity index (χ4v) is 2.81. The highest BCUT2D eigenvalue weighted by Crippen LogP contribution is 2.22. The maximum absolute atomic E-state index is 11.7. The summed E-state index contributed by atoms with van der Waals surface area (Å²) in [6.45, 7) is 2.59. The van der Waals surface area contributed by atoms with Crippen molar-refractivity contribution in [2.45, 2.75) is 19.3 Å². The first kappa shape index (κ1) is 14.3. The average molecular weight is 339 g/mol. The number of hydrogen-bond acceptors (Lipinski definition) is 3. The summed E-state index contributed by atoms with van der Waals surface area (Å²) in [5.41, 5.74) is 1.25. The van der Waals surface area contributed by atoms with E-state index in [-0.39, 0.29) is 5.97 Å². The second kappa shape index (κ2) is 6.87. The van der Waals surface area contributed by atoms with Crippen molar-refractivity contribution < 1.29 is 9.53 Å². The summed E-state index contributed by atoms with van der Waals surface area (Å²) in [5.74, 6) is 0.144. The predicted molar refractivity (Wildman–Crippen MR) is 81.8 cm³/mol. The van der Waals surface area contributed by atoms with Gasteiger partial charge in [0.2, 0.25) is 0 Å². The molecule has 0 bridgehead atoms. The fraction of sp³-hybridized carbons (Fsp3) is 0.267. The van der Waals surface area contributed by atoms with Gasteiger partial charge in [-0.25, -0.2) is 4.79 Å². The van der Waals surface area contributed by atoms with Crippen LogP contribution in [0, 0.1) is 0 Å². The minimum absolute atomic E-state index is 0.226. The van der Waals surface area contributed by atoms with Gasteiger partial charge in [0.05, 0.1) is 6.61 Å². The van der Waals surface area contributed by atoms with Crippen LogP contribution < -0.4 is 0 Å². The Bertz CT molecular complexity index is 537. The van der Waals surface area contributed by atoms with Gasteiger partial charge in [0, 0.05) is 4.47 Å². The van der Waals surface area contributed by atoms with Gasteiger partial charge in [0.25, 0.3) is 0 Å². The molecule has 1 heterocycles. The molecule has 0 radical (unpaired) electrons. The molecule has 0 aliphatic rings. The highest BCUT2D eigenvalue weighted by atomic mass is 79.9. The van der Waals surface area contributed by atoms with E-state index in [2.05, 4.69) is 35.0 Å². The van der Waals surface area contributed by atoms with Crippen molar-refractivity contribution in [2.24, 2.45) is 0 Å². The molecule has 0 unspecified atom stereocenters. The Balaban J connectivity index is 1.81. The summed E-state index contributed by atoms with van der Waals surface area (Å²) in [5, 5.41) is 1.88. The number of rotatable bonds is 5. The molecule has 0 saturated carbocycles. The number of carbonyl (C=O) groups is 1. The van der Waals surface area contributed by atoms with E-state index in [1.54, 1.807) is 6.07 Å². The van der Waals surface area contributed by atoms with Gasteiger partial charge in [0.15, 0.2) is 0 Å². The zero-order valence-electron chi connectivity index (χ0n) is 10.6. The minimum Gasteiger partial charge on any atom is -0.461 e. The van der Waals surface area contributed by atoms with Gasteiger partial charge < -0.3 is 4.74 Å². The molecule has 0 spiro atoms. The summed E-state index contributed by atoms with van der Waals surface area (Å²) in [7, 11) is 0. The van der Waals surface area contributed by atoms with E-state index in [9.17, 15) is 4.79 Å². The Hall–Kier alpha value is -1.13. The SMILES string of the molecule is C[C@H](CCOC(=O)c1cccs1)c1cccc(Br)c1. The van der Waals surface area contributed by atoms with Gasteiger partial charge in [0.1, 0.15) is 4.88 Å². The molecule has 0 aliphatic carbocycles. The third-order valence-corrected chi connectivity index (χ3v) is 4.27. The molecule has 19 heavy (non-hydrogen) atoms. The maximum atomic E-state index is 11.7. The first-order chi connectivity index (χ1) is 9.16. The summed E-state index contributed by atoms with van der Waals surface area (Å²) >= 11 is 4.87. The first-order valence-corrected chi connectivity index (χ1v) is 7.80. The Labute approximate surface area is 125 Å². The molecule has 1 aromatic carbocycles. The van der Waals surface area contributed by atoms with E-state index in [1.165, 1.54) is 16.9 Å². The van der Waals surface area contributed by atoms with Crippen molar-refractivity contribution >= 4 is 33.2 Å². The standard InChI is InChI=1S/C15H15BrO2S/c1-11(12-4-2-5-13(16)10-12)7-8-18-15(17)14-6-3-9-19-14/h2-6,9-11H,7-8H2,1H3/t11-/m1/s1. The molecule has 0 aliphatic heterocycles. The molecule has 0 amide bonds. The normalized spacial score (nSPS) is 12.1. The smallest absolute Gasteiger partial charge is 0.348 e. The number of ether oxygens (including phenoxy) is 1. The van der Waals surface area contributed by atoms with E-state index in [1.807, 2.05) is 23.6 Å². The average Bonchev–Trinajstić information content (AvgIpc) is 2.92. The van der Waals surface area contributed by atoms with E-state index in [4.69, 9.17) is 4.74 Å². The van der Waals surface area contributed by atoms with E-state index in [0.29, 0.717) is 17.4 Å². The quantitative estimate of drug-likeness (QED) is 0.727. The lowest BCUT2D eigenvalue weighted by Crippen LogP contribution is -2.07. The topological polar surface area (TPSA) is 26.3 Å². The van der Waals surface area contributed by atoms with Crippen LogP contribution in [0.5, 0.6) is 0 Å². The van der Waals surface area contributed by atoms with Crippen molar-refractivity contribution in [3.05, 3.63) is 56.7 Å². The minimum atomic E-state index is -0.226. The van der Waals surface area contributed by atoms with Crippen molar-refractivity contribution in [3.8, 4) is 0 Å². The van der Waals surface area contributed by atoms with Gasteiger partial charge >= 0.3 is 5.97 Å². The van der Waals surface area contributed by atoms with Gasteiger partial charge in [-0.3, -0.25) is 0 Å². The van der Waals surface area contributed by atoms with Crippen molar-refractivity contribution in [2.75, 3.05) is 6.61 Å². The zero-order valence-corrected chi connectivity index (χ0v) is 13.0. The molecule has 0 N–H and O–H groups in total. The Morgan fingerprint density at radius 3 is 2.89 bits per heavy atom. The fourth-order valence-electron chi connectivity index (χ4n) is 1.77. The largest absolute Gasteiger partial charge is 0.461 e. The predicted octanol–water partition coefficient (Wildman–Crippen LogP) is 4.86. The molecule has 0 fully saturated rings. The van der Waals surface area contributed by atoms with E-state index in [0.717, 1.165) is 10.9 Å². The van der Waals surface area contributed by atoms with Crippen LogP contribution in [-0.2, 0) is 4.74 Å². The number of esters is 1. The second-order valence-electron chi connectivity index (χ2n) is 4.36. The van der Waals surface area contributed by atoms with Crippen molar-refractivity contribution in [1.82, 2.24) is 0 Å². The van der Waals surface area contributed by atoms with Gasteiger partial charge in [-0.15, -0.1) is 11.3 Å². The molecule has 100 valence electrons. The molecule has 2 aromatic rings. The van der Waals surface area contributed by atoms with Crippen LogP contribution in [0.1, 0.15) is 34.5 Å². The van der Waals surface area contributed by atoms with Crippen molar-refractivity contribution in [3.63, 3.8) is 0 Å². The Kier molecular flexibility index (Phi) is 5.16. The molecule has 0 saturated heterocycles. The van der Waals surface area contributed by atoms with Crippen LogP contribution in [0.3, 0.4) is 0 Å². The number of thiophene rings is 1. The molecule has 2 rings (SSSR count). The number of halogens is 1. The summed E-state index contributed by atoms with van der Waals surface area (Å²) in [4.78, 5) is 12.3. The Morgan fingerprint density at radius 1 is 1.37 bits per heavy atom. The lowest BCUT2D eigenvalue weighted by Gasteiger charge is -2.12. The van der Waals surface area contributed by atoms with E-state index >= 15 is 0 Å². The van der Waals surface area contributed by atoms with Gasteiger partial charge in [-0.1, -0.05) is 41.1 Å².